The van der Waals surface area contributed by atoms with E-state index in [1.807, 2.05) is 23.1 Å². The number of rotatable bonds is 5. The van der Waals surface area contributed by atoms with E-state index in [1.165, 1.54) is 11.3 Å². The van der Waals surface area contributed by atoms with Crippen molar-refractivity contribution >= 4 is 39.7 Å². The Kier molecular flexibility index (Phi) is 5.84. The highest BCUT2D eigenvalue weighted by Gasteiger charge is 2.37. The van der Waals surface area contributed by atoms with Crippen LogP contribution < -0.4 is 4.90 Å². The van der Waals surface area contributed by atoms with Crippen LogP contribution in [0.3, 0.4) is 0 Å². The van der Waals surface area contributed by atoms with Gasteiger partial charge in [0.2, 0.25) is 5.13 Å². The van der Waals surface area contributed by atoms with Gasteiger partial charge in [-0.2, -0.15) is 0 Å². The molecule has 1 N–H and O–H groups in total. The van der Waals surface area contributed by atoms with Crippen LogP contribution in [0.25, 0.3) is 0 Å². The van der Waals surface area contributed by atoms with Crippen LogP contribution >= 0.6 is 34.5 Å². The first-order valence-corrected chi connectivity index (χ1v) is 11.0. The van der Waals surface area contributed by atoms with Crippen LogP contribution in [-0.4, -0.2) is 52.8 Å². The second-order valence-corrected chi connectivity index (χ2v) is 9.75. The summed E-state index contributed by atoms with van der Waals surface area (Å²) in [5, 5.41) is 22.2. The SMILES string of the molecule is CC(C)(CN1CCN(c2nnc(C3CCCO3)s2)C1O)c1ccc(Cl)c(Cl)c1. The molecular formula is C19H24Cl2N4O2S. The number of hydrogen-bond acceptors (Lipinski definition) is 7. The molecule has 2 atom stereocenters. The maximum atomic E-state index is 10.9. The van der Waals surface area contributed by atoms with Crippen LogP contribution in [-0.2, 0) is 10.2 Å². The predicted octanol–water partition coefficient (Wildman–Crippen LogP) is 4.07. The van der Waals surface area contributed by atoms with Crippen molar-refractivity contribution in [3.05, 3.63) is 38.8 Å². The van der Waals surface area contributed by atoms with Crippen molar-refractivity contribution in [3.8, 4) is 0 Å². The molecule has 0 bridgehead atoms. The lowest BCUT2D eigenvalue weighted by Gasteiger charge is -2.33. The van der Waals surface area contributed by atoms with Gasteiger partial charge >= 0.3 is 0 Å². The molecule has 0 amide bonds. The molecule has 2 aliphatic rings. The molecule has 1 aromatic heterocycles. The average Bonchev–Trinajstić information content (AvgIpc) is 3.38. The zero-order chi connectivity index (χ0) is 19.9. The average molecular weight is 443 g/mol. The number of aromatic nitrogens is 2. The minimum Gasteiger partial charge on any atom is -0.371 e. The van der Waals surface area contributed by atoms with Gasteiger partial charge in [0.1, 0.15) is 11.1 Å². The van der Waals surface area contributed by atoms with Gasteiger partial charge in [-0.05, 0) is 30.5 Å². The van der Waals surface area contributed by atoms with E-state index in [1.54, 1.807) is 0 Å². The lowest BCUT2D eigenvalue weighted by Crippen LogP contribution is -2.44. The fourth-order valence-electron chi connectivity index (χ4n) is 3.78. The molecular weight excluding hydrogens is 419 g/mol. The smallest absolute Gasteiger partial charge is 0.211 e. The highest BCUT2D eigenvalue weighted by atomic mass is 35.5. The Bertz CT molecular complexity index is 841. The molecule has 6 nitrogen and oxygen atoms in total. The Morgan fingerprint density at radius 3 is 2.79 bits per heavy atom. The third-order valence-corrected chi connectivity index (χ3v) is 7.21. The summed E-state index contributed by atoms with van der Waals surface area (Å²) in [6.07, 6.45) is 1.37. The molecule has 2 fully saturated rings. The van der Waals surface area contributed by atoms with Crippen LogP contribution in [0.1, 0.15) is 43.4 Å². The summed E-state index contributed by atoms with van der Waals surface area (Å²) in [4.78, 5) is 3.96. The van der Waals surface area contributed by atoms with E-state index in [2.05, 4.69) is 28.9 Å². The first-order chi connectivity index (χ1) is 13.3. The molecule has 0 aliphatic carbocycles. The van der Waals surface area contributed by atoms with Gasteiger partial charge in [-0.25, -0.2) is 0 Å². The lowest BCUT2D eigenvalue weighted by molar-refractivity contribution is 0.0275. The fraction of sp³-hybridized carbons (Fsp3) is 0.579. The van der Waals surface area contributed by atoms with Crippen molar-refractivity contribution in [1.82, 2.24) is 15.1 Å². The third kappa shape index (κ3) is 4.01. The Morgan fingerprint density at radius 1 is 1.25 bits per heavy atom. The zero-order valence-electron chi connectivity index (χ0n) is 15.9. The number of hydrogen-bond donors (Lipinski definition) is 1. The largest absolute Gasteiger partial charge is 0.371 e. The Balaban J connectivity index is 1.45. The summed E-state index contributed by atoms with van der Waals surface area (Å²) in [6, 6.07) is 5.72. The minimum atomic E-state index is -0.729. The van der Waals surface area contributed by atoms with Crippen molar-refractivity contribution in [1.29, 1.82) is 0 Å². The van der Waals surface area contributed by atoms with E-state index in [4.69, 9.17) is 27.9 Å². The van der Waals surface area contributed by atoms with Crippen LogP contribution in [0.4, 0.5) is 5.13 Å². The number of halogens is 2. The molecule has 0 spiro atoms. The summed E-state index contributed by atoms with van der Waals surface area (Å²) in [5.74, 6) is 0. The van der Waals surface area contributed by atoms with Gasteiger partial charge < -0.3 is 14.7 Å². The quantitative estimate of drug-likeness (QED) is 0.752. The number of aliphatic hydroxyl groups excluding tert-OH is 1. The maximum Gasteiger partial charge on any atom is 0.211 e. The van der Waals surface area contributed by atoms with Crippen molar-refractivity contribution in [2.24, 2.45) is 0 Å². The molecule has 152 valence electrons. The summed E-state index contributed by atoms with van der Waals surface area (Å²) < 4.78 is 5.69. The highest BCUT2D eigenvalue weighted by Crippen LogP contribution is 2.36. The minimum absolute atomic E-state index is 0.0516. The molecule has 0 saturated carbocycles. The summed E-state index contributed by atoms with van der Waals surface area (Å²) in [5.41, 5.74) is 0.888. The number of benzene rings is 1. The molecule has 1 aromatic carbocycles. The molecule has 2 aromatic rings. The Morgan fingerprint density at radius 2 is 2.07 bits per heavy atom. The van der Waals surface area contributed by atoms with Gasteiger partial charge in [-0.3, -0.25) is 4.90 Å². The topological polar surface area (TPSA) is 61.7 Å². The van der Waals surface area contributed by atoms with Gasteiger partial charge in [0, 0.05) is 31.7 Å². The van der Waals surface area contributed by atoms with Crippen LogP contribution in [0, 0.1) is 0 Å². The number of aliphatic hydroxyl groups is 1. The lowest BCUT2D eigenvalue weighted by atomic mass is 9.84. The van der Waals surface area contributed by atoms with Crippen molar-refractivity contribution in [3.63, 3.8) is 0 Å². The number of nitrogens with zero attached hydrogens (tertiary/aromatic N) is 4. The van der Waals surface area contributed by atoms with Gasteiger partial charge in [-0.1, -0.05) is 54.5 Å². The first kappa shape index (κ1) is 20.3. The van der Waals surface area contributed by atoms with Gasteiger partial charge in [0.15, 0.2) is 6.35 Å². The van der Waals surface area contributed by atoms with Gasteiger partial charge in [-0.15, -0.1) is 10.2 Å². The molecule has 2 saturated heterocycles. The third-order valence-electron chi connectivity index (χ3n) is 5.41. The fourth-order valence-corrected chi connectivity index (χ4v) is 5.05. The Labute approximate surface area is 179 Å². The van der Waals surface area contributed by atoms with Crippen LogP contribution in [0.5, 0.6) is 0 Å². The maximum absolute atomic E-state index is 10.9. The number of ether oxygens (including phenoxy) is 1. The van der Waals surface area contributed by atoms with E-state index >= 15 is 0 Å². The van der Waals surface area contributed by atoms with Crippen molar-refractivity contribution in [2.75, 3.05) is 31.1 Å². The summed E-state index contributed by atoms with van der Waals surface area (Å²) in [7, 11) is 0. The molecule has 2 aliphatic heterocycles. The van der Waals surface area contributed by atoms with E-state index < -0.39 is 6.35 Å². The predicted molar refractivity (Wildman–Crippen MR) is 112 cm³/mol. The molecule has 9 heteroatoms. The molecule has 2 unspecified atom stereocenters. The Hall–Kier alpha value is -0.960. The van der Waals surface area contributed by atoms with Crippen LogP contribution in [0.2, 0.25) is 10.0 Å². The van der Waals surface area contributed by atoms with Crippen molar-refractivity contribution < 1.29 is 9.84 Å². The highest BCUT2D eigenvalue weighted by molar-refractivity contribution is 7.15. The molecule has 0 radical (unpaired) electrons. The summed E-state index contributed by atoms with van der Waals surface area (Å²) in [6.45, 7) is 7.20. The van der Waals surface area contributed by atoms with Gasteiger partial charge in [0.05, 0.1) is 10.0 Å². The molecule has 3 heterocycles. The van der Waals surface area contributed by atoms with E-state index in [0.29, 0.717) is 23.1 Å². The van der Waals surface area contributed by atoms with E-state index in [9.17, 15) is 5.11 Å². The second-order valence-electron chi connectivity index (χ2n) is 7.95. The van der Waals surface area contributed by atoms with Gasteiger partial charge in [0.25, 0.3) is 0 Å². The van der Waals surface area contributed by atoms with E-state index in [-0.39, 0.29) is 11.5 Å². The monoisotopic (exact) mass is 442 g/mol. The number of anilines is 1. The van der Waals surface area contributed by atoms with Crippen LogP contribution in [0.15, 0.2) is 18.2 Å². The van der Waals surface area contributed by atoms with Crippen molar-refractivity contribution in [2.45, 2.75) is 44.6 Å². The molecule has 4 rings (SSSR count). The second kappa shape index (κ2) is 8.05. The zero-order valence-corrected chi connectivity index (χ0v) is 18.3. The van der Waals surface area contributed by atoms with E-state index in [0.717, 1.165) is 41.7 Å². The molecule has 28 heavy (non-hydrogen) atoms. The first-order valence-electron chi connectivity index (χ1n) is 9.44. The normalized spacial score (nSPS) is 23.7. The standard InChI is InChI=1S/C19H24Cl2N4O2S/c1-19(2,12-5-6-13(20)14(21)10-12)11-24-7-8-25(18(24)26)17-23-22-16(28-17)15-4-3-9-27-15/h5-6,10,15,18,26H,3-4,7-9,11H2,1-2H3. The summed E-state index contributed by atoms with van der Waals surface area (Å²) >= 11 is 13.8.